The summed E-state index contributed by atoms with van der Waals surface area (Å²) >= 11 is 6.17. The fourth-order valence-corrected chi connectivity index (χ4v) is 4.30. The second-order valence-corrected chi connectivity index (χ2v) is 8.27. The molecule has 158 valence electrons. The number of nitrogens with zero attached hydrogens (tertiary/aromatic N) is 2. The van der Waals surface area contributed by atoms with E-state index in [0.717, 1.165) is 56.3 Å². The van der Waals surface area contributed by atoms with Crippen LogP contribution in [0.3, 0.4) is 0 Å². The fourth-order valence-electron chi connectivity index (χ4n) is 4.12. The molecule has 0 bridgehead atoms. The Morgan fingerprint density at radius 1 is 0.576 bits per heavy atom. The van der Waals surface area contributed by atoms with Crippen LogP contribution in [0.2, 0.25) is 5.02 Å². The fraction of sp³-hybridized carbons (Fsp3) is 0. The third kappa shape index (κ3) is 3.60. The quantitative estimate of drug-likeness (QED) is 0.293. The van der Waals surface area contributed by atoms with Gasteiger partial charge in [-0.2, -0.15) is 0 Å². The zero-order valence-corrected chi connectivity index (χ0v) is 18.3. The molecule has 0 unspecified atom stereocenters. The second-order valence-electron chi connectivity index (χ2n) is 7.83. The van der Waals surface area contributed by atoms with E-state index >= 15 is 0 Å². The number of hydrogen-bond donors (Lipinski definition) is 2. The number of aromatic nitrogens is 4. The van der Waals surface area contributed by atoms with Gasteiger partial charge < -0.3 is 9.97 Å². The van der Waals surface area contributed by atoms with Gasteiger partial charge in [0.2, 0.25) is 0 Å². The molecule has 2 N–H and O–H groups in total. The Morgan fingerprint density at radius 2 is 1.18 bits per heavy atom. The minimum Gasteiger partial charge on any atom is -0.338 e. The smallest absolute Gasteiger partial charge is 0.139 e. The van der Waals surface area contributed by atoms with Crippen molar-refractivity contribution in [3.8, 4) is 45.3 Å². The first-order chi connectivity index (χ1) is 16.3. The van der Waals surface area contributed by atoms with Gasteiger partial charge in [-0.3, -0.25) is 0 Å². The number of benzene rings is 4. The molecule has 0 spiro atoms. The monoisotopic (exact) mass is 446 g/mol. The lowest BCUT2D eigenvalue weighted by atomic mass is 10.1. The first kappa shape index (κ1) is 19.5. The Labute approximate surface area is 196 Å². The third-order valence-corrected chi connectivity index (χ3v) is 5.93. The van der Waals surface area contributed by atoms with Crippen molar-refractivity contribution in [3.63, 3.8) is 0 Å². The van der Waals surface area contributed by atoms with Gasteiger partial charge in [0, 0.05) is 27.3 Å². The molecule has 2 heterocycles. The van der Waals surface area contributed by atoms with Crippen molar-refractivity contribution in [1.82, 2.24) is 19.9 Å². The van der Waals surface area contributed by atoms with Crippen molar-refractivity contribution in [3.05, 3.63) is 108 Å². The highest BCUT2D eigenvalue weighted by molar-refractivity contribution is 6.31. The molecule has 4 aromatic carbocycles. The van der Waals surface area contributed by atoms with E-state index in [0.29, 0.717) is 5.02 Å². The van der Waals surface area contributed by atoms with Gasteiger partial charge in [0.25, 0.3) is 0 Å². The number of halogens is 1. The molecule has 0 fully saturated rings. The third-order valence-electron chi connectivity index (χ3n) is 5.69. The molecule has 5 heteroatoms. The maximum Gasteiger partial charge on any atom is 0.139 e. The normalized spacial score (nSPS) is 11.2. The van der Waals surface area contributed by atoms with Gasteiger partial charge in [0.15, 0.2) is 0 Å². The summed E-state index contributed by atoms with van der Waals surface area (Å²) in [5, 5.41) is 0.678. The summed E-state index contributed by atoms with van der Waals surface area (Å²) in [7, 11) is 0. The van der Waals surface area contributed by atoms with Gasteiger partial charge >= 0.3 is 0 Å². The van der Waals surface area contributed by atoms with E-state index in [1.165, 1.54) is 0 Å². The van der Waals surface area contributed by atoms with Crippen LogP contribution in [0.1, 0.15) is 0 Å². The average Bonchev–Trinajstić information content (AvgIpc) is 3.50. The molecule has 0 aliphatic heterocycles. The lowest BCUT2D eigenvalue weighted by Gasteiger charge is -2.04. The number of aromatic amines is 2. The molecule has 0 saturated carbocycles. The molecule has 0 saturated heterocycles. The zero-order valence-electron chi connectivity index (χ0n) is 17.6. The van der Waals surface area contributed by atoms with Crippen LogP contribution in [0.5, 0.6) is 0 Å². The molecule has 33 heavy (non-hydrogen) atoms. The summed E-state index contributed by atoms with van der Waals surface area (Å²) in [6.07, 6.45) is 0. The molecule has 0 aliphatic carbocycles. The Kier molecular flexibility index (Phi) is 4.78. The summed E-state index contributed by atoms with van der Waals surface area (Å²) < 4.78 is 0. The van der Waals surface area contributed by atoms with Gasteiger partial charge in [0.05, 0.1) is 22.4 Å². The van der Waals surface area contributed by atoms with E-state index < -0.39 is 0 Å². The topological polar surface area (TPSA) is 57.4 Å². The molecule has 0 radical (unpaired) electrons. The van der Waals surface area contributed by atoms with Crippen LogP contribution in [0.4, 0.5) is 0 Å². The number of fused-ring (bicyclic) bond motifs is 1. The van der Waals surface area contributed by atoms with Crippen LogP contribution in [0.15, 0.2) is 103 Å². The van der Waals surface area contributed by atoms with E-state index in [2.05, 4.69) is 46.4 Å². The van der Waals surface area contributed by atoms with Crippen LogP contribution in [-0.4, -0.2) is 19.9 Å². The highest BCUT2D eigenvalue weighted by Crippen LogP contribution is 2.36. The number of imidazole rings is 2. The molecule has 2 aromatic heterocycles. The summed E-state index contributed by atoms with van der Waals surface area (Å²) in [6, 6.07) is 34.4. The van der Waals surface area contributed by atoms with Crippen molar-refractivity contribution < 1.29 is 0 Å². The minimum atomic E-state index is 0.678. The van der Waals surface area contributed by atoms with Gasteiger partial charge in [-0.1, -0.05) is 96.5 Å². The van der Waals surface area contributed by atoms with Crippen LogP contribution in [-0.2, 0) is 0 Å². The van der Waals surface area contributed by atoms with Crippen molar-refractivity contribution in [2.24, 2.45) is 0 Å². The maximum absolute atomic E-state index is 6.17. The second kappa shape index (κ2) is 8.08. The van der Waals surface area contributed by atoms with Crippen LogP contribution >= 0.6 is 11.6 Å². The van der Waals surface area contributed by atoms with Crippen molar-refractivity contribution in [2.75, 3.05) is 0 Å². The first-order valence-electron chi connectivity index (χ1n) is 10.7. The molecule has 0 atom stereocenters. The van der Waals surface area contributed by atoms with Gasteiger partial charge in [-0.15, -0.1) is 0 Å². The van der Waals surface area contributed by atoms with E-state index in [-0.39, 0.29) is 0 Å². The molecule has 0 aliphatic rings. The zero-order chi connectivity index (χ0) is 22.2. The number of hydrogen-bond acceptors (Lipinski definition) is 2. The maximum atomic E-state index is 6.17. The van der Waals surface area contributed by atoms with Crippen LogP contribution in [0.25, 0.3) is 56.3 Å². The van der Waals surface area contributed by atoms with Crippen molar-refractivity contribution >= 4 is 22.6 Å². The first-order valence-corrected chi connectivity index (χ1v) is 11.1. The standard InChI is InChI=1S/C28H19ClN4/c29-20-15-16-23-24(17-20)31-27(30-23)21-13-7-8-14-22(21)28-32-25(18-9-3-1-4-10-18)26(33-28)19-11-5-2-6-12-19/h1-17H,(H,30,31)(H,32,33). The molecule has 6 aromatic rings. The lowest BCUT2D eigenvalue weighted by molar-refractivity contribution is 1.28. The molecule has 4 nitrogen and oxygen atoms in total. The molecule has 6 rings (SSSR count). The number of nitrogens with one attached hydrogen (secondary N) is 2. The highest BCUT2D eigenvalue weighted by Gasteiger charge is 2.18. The van der Waals surface area contributed by atoms with Gasteiger partial charge in [-0.25, -0.2) is 9.97 Å². The van der Waals surface area contributed by atoms with E-state index in [1.54, 1.807) is 0 Å². The lowest BCUT2D eigenvalue weighted by Crippen LogP contribution is -1.88. The molecular formula is C28H19ClN4. The van der Waals surface area contributed by atoms with Crippen molar-refractivity contribution in [2.45, 2.75) is 0 Å². The highest BCUT2D eigenvalue weighted by atomic mass is 35.5. The van der Waals surface area contributed by atoms with Crippen LogP contribution < -0.4 is 0 Å². The molecule has 0 amide bonds. The van der Waals surface area contributed by atoms with E-state index in [4.69, 9.17) is 21.6 Å². The minimum absolute atomic E-state index is 0.678. The predicted octanol–water partition coefficient (Wildman–Crippen LogP) is 7.61. The summed E-state index contributed by atoms with van der Waals surface area (Å²) in [5.74, 6) is 1.57. The molecular weight excluding hydrogens is 428 g/mol. The van der Waals surface area contributed by atoms with Crippen molar-refractivity contribution in [1.29, 1.82) is 0 Å². The summed E-state index contributed by atoms with van der Waals surface area (Å²) in [6.45, 7) is 0. The SMILES string of the molecule is Clc1ccc2nc(-c3ccccc3-c3nc(-c4ccccc4)c(-c4ccccc4)[nH]3)[nH]c2c1. The van der Waals surface area contributed by atoms with E-state index in [1.807, 2.05) is 66.7 Å². The van der Waals surface area contributed by atoms with Gasteiger partial charge in [-0.05, 0) is 18.2 Å². The Bertz CT molecular complexity index is 1510. The predicted molar refractivity (Wildman–Crippen MR) is 135 cm³/mol. The number of rotatable bonds is 4. The summed E-state index contributed by atoms with van der Waals surface area (Å²) in [5.41, 5.74) is 7.78. The van der Waals surface area contributed by atoms with Gasteiger partial charge in [0.1, 0.15) is 11.6 Å². The van der Waals surface area contributed by atoms with E-state index in [9.17, 15) is 0 Å². The largest absolute Gasteiger partial charge is 0.338 e. The average molecular weight is 447 g/mol. The summed E-state index contributed by atoms with van der Waals surface area (Å²) in [4.78, 5) is 16.9. The Hall–Kier alpha value is -4.15. The number of H-pyrrole nitrogens is 2. The Balaban J connectivity index is 1.54. The Morgan fingerprint density at radius 3 is 1.88 bits per heavy atom. The van der Waals surface area contributed by atoms with Crippen LogP contribution in [0, 0.1) is 0 Å².